The number of ether oxygens (including phenoxy) is 1. The second kappa shape index (κ2) is 10.6. The van der Waals surface area contributed by atoms with E-state index in [9.17, 15) is 14.4 Å². The molecule has 36 heavy (non-hydrogen) atoms. The minimum Gasteiger partial charge on any atom is -0.422 e. The number of nitrogens with one attached hydrogen (secondary N) is 2. The van der Waals surface area contributed by atoms with Crippen LogP contribution in [0.3, 0.4) is 0 Å². The molecule has 2 heterocycles. The van der Waals surface area contributed by atoms with Crippen LogP contribution in [0.5, 0.6) is 5.75 Å². The van der Waals surface area contributed by atoms with Crippen molar-refractivity contribution in [1.82, 2.24) is 15.3 Å². The van der Waals surface area contributed by atoms with Gasteiger partial charge in [0.15, 0.2) is 5.78 Å². The molecule has 2 N–H and O–H groups in total. The van der Waals surface area contributed by atoms with Gasteiger partial charge in [-0.05, 0) is 52.7 Å². The van der Waals surface area contributed by atoms with Crippen LogP contribution in [0, 0.1) is 17.1 Å². The average Bonchev–Trinajstić information content (AvgIpc) is 3.62. The highest BCUT2D eigenvalue weighted by Crippen LogP contribution is 2.47. The fourth-order valence-corrected chi connectivity index (χ4v) is 4.01. The van der Waals surface area contributed by atoms with Crippen molar-refractivity contribution < 1.29 is 23.5 Å². The van der Waals surface area contributed by atoms with Crippen molar-refractivity contribution in [3.05, 3.63) is 81.5 Å². The highest BCUT2D eigenvalue weighted by Gasteiger charge is 2.44. The number of hydrogen-bond donors (Lipinski definition) is 2. The van der Waals surface area contributed by atoms with Gasteiger partial charge in [0.05, 0.1) is 16.7 Å². The molecule has 1 aliphatic carbocycles. The topological polar surface area (TPSA) is 134 Å². The van der Waals surface area contributed by atoms with Crippen LogP contribution in [0.4, 0.5) is 15.0 Å². The molecular formula is C25H19BrFN5O4. The van der Waals surface area contributed by atoms with Gasteiger partial charge in [-0.2, -0.15) is 5.26 Å². The zero-order chi connectivity index (χ0) is 25.8. The molecule has 1 aromatic carbocycles. The van der Waals surface area contributed by atoms with Gasteiger partial charge in [-0.3, -0.25) is 15.1 Å². The van der Waals surface area contributed by atoms with E-state index in [0.717, 1.165) is 6.07 Å². The van der Waals surface area contributed by atoms with Crippen molar-refractivity contribution in [1.29, 1.82) is 5.26 Å². The van der Waals surface area contributed by atoms with Gasteiger partial charge in [-0.15, -0.1) is 0 Å². The molecule has 11 heteroatoms. The van der Waals surface area contributed by atoms with Crippen molar-refractivity contribution in [3.8, 4) is 11.8 Å². The van der Waals surface area contributed by atoms with E-state index in [1.807, 2.05) is 6.07 Å². The summed E-state index contributed by atoms with van der Waals surface area (Å²) in [6.45, 7) is 1.65. The predicted octanol–water partition coefficient (Wildman–Crippen LogP) is 4.74. The van der Waals surface area contributed by atoms with Gasteiger partial charge in [-0.1, -0.05) is 6.92 Å². The Balaban J connectivity index is 1.56. The summed E-state index contributed by atoms with van der Waals surface area (Å²) in [4.78, 5) is 45.7. The number of carbonyl (C=O) groups is 3. The lowest BCUT2D eigenvalue weighted by Gasteiger charge is -2.15. The number of benzene rings is 1. The number of pyridine rings is 2. The maximum Gasteiger partial charge on any atom is 0.345 e. The number of ketones is 1. The van der Waals surface area contributed by atoms with Crippen molar-refractivity contribution in [2.24, 2.45) is 0 Å². The summed E-state index contributed by atoms with van der Waals surface area (Å²) in [5, 5.41) is 14.1. The zero-order valence-electron chi connectivity index (χ0n) is 18.9. The number of anilines is 1. The lowest BCUT2D eigenvalue weighted by Crippen LogP contribution is -2.31. The number of amides is 2. The Morgan fingerprint density at radius 2 is 2.03 bits per heavy atom. The summed E-state index contributed by atoms with van der Waals surface area (Å²) in [6.07, 6.45) is 4.62. The molecule has 1 fully saturated rings. The first-order valence-corrected chi connectivity index (χ1v) is 11.7. The number of hydrogen-bond acceptors (Lipinski definition) is 7. The number of carbonyl (C=O) groups excluding carboxylic acids is 3. The number of halogens is 2. The summed E-state index contributed by atoms with van der Waals surface area (Å²) >= 11 is 3.24. The molecule has 0 saturated heterocycles. The van der Waals surface area contributed by atoms with Gasteiger partial charge < -0.3 is 10.1 Å². The Morgan fingerprint density at radius 1 is 1.22 bits per heavy atom. The monoisotopic (exact) mass is 551 g/mol. The quantitative estimate of drug-likeness (QED) is 0.246. The van der Waals surface area contributed by atoms with Gasteiger partial charge in [0.1, 0.15) is 23.5 Å². The first kappa shape index (κ1) is 24.9. The van der Waals surface area contributed by atoms with Crippen LogP contribution in [0.1, 0.15) is 57.5 Å². The third kappa shape index (κ3) is 5.55. The van der Waals surface area contributed by atoms with Gasteiger partial charge in [0, 0.05) is 47.0 Å². The van der Waals surface area contributed by atoms with Crippen molar-refractivity contribution in [3.63, 3.8) is 0 Å². The van der Waals surface area contributed by atoms with Gasteiger partial charge in [0.25, 0.3) is 0 Å². The van der Waals surface area contributed by atoms with E-state index in [2.05, 4.69) is 36.5 Å². The molecule has 0 bridgehead atoms. The smallest absolute Gasteiger partial charge is 0.345 e. The number of aromatic nitrogens is 2. The van der Waals surface area contributed by atoms with E-state index in [1.54, 1.807) is 6.92 Å². The van der Waals surface area contributed by atoms with E-state index in [1.165, 1.54) is 42.9 Å². The number of Topliss-reactive ketones (excluding diaryl/α,β-unsaturated/α-hetero) is 1. The first-order chi connectivity index (χ1) is 17.3. The van der Waals surface area contributed by atoms with Crippen LogP contribution >= 0.6 is 15.9 Å². The average molecular weight is 552 g/mol. The maximum absolute atomic E-state index is 15.0. The highest BCUT2D eigenvalue weighted by atomic mass is 79.9. The molecule has 9 nitrogen and oxygen atoms in total. The van der Waals surface area contributed by atoms with Gasteiger partial charge in [0.2, 0.25) is 0 Å². The largest absolute Gasteiger partial charge is 0.422 e. The summed E-state index contributed by atoms with van der Waals surface area (Å²) in [5.74, 6) is -2.20. The lowest BCUT2D eigenvalue weighted by molar-refractivity contribution is 0.0729. The molecule has 1 aliphatic rings. The number of esters is 1. The van der Waals surface area contributed by atoms with Crippen molar-refractivity contribution >= 4 is 39.5 Å². The number of nitriles is 1. The molecule has 2 amide bonds. The molecular weight excluding hydrogens is 533 g/mol. The number of urea groups is 1. The Hall–Kier alpha value is -4.17. The second-order valence-corrected chi connectivity index (χ2v) is 8.90. The third-order valence-electron chi connectivity index (χ3n) is 5.51. The standard InChI is InChI=1S/C25H19BrFN5O4/c1-2-20(33)16-4-5-18(27)22(23(16)36-24(34)14-7-15(26)12-29-11-14)17-8-19(17)31-25(35)32-21-6-3-13(9-28)10-30-21/h3-7,10-12,17,19H,2,8H2,1H3,(H2,30,31,32,35)/t17-,19+/m1/s1. The Bertz CT molecular complexity index is 1390. The lowest BCUT2D eigenvalue weighted by atomic mass is 10.00. The van der Waals surface area contributed by atoms with E-state index in [4.69, 9.17) is 10.00 Å². The van der Waals surface area contributed by atoms with E-state index >= 15 is 4.39 Å². The normalized spacial score (nSPS) is 15.9. The third-order valence-corrected chi connectivity index (χ3v) is 5.95. The van der Waals surface area contributed by atoms with E-state index in [-0.39, 0.29) is 40.5 Å². The molecule has 0 aliphatic heterocycles. The summed E-state index contributed by atoms with van der Waals surface area (Å²) in [7, 11) is 0. The highest BCUT2D eigenvalue weighted by molar-refractivity contribution is 9.10. The molecule has 2 atom stereocenters. The fraction of sp³-hybridized carbons (Fsp3) is 0.200. The fourth-order valence-electron chi connectivity index (χ4n) is 3.64. The first-order valence-electron chi connectivity index (χ1n) is 10.9. The van der Waals surface area contributed by atoms with Crippen LogP contribution in [0.2, 0.25) is 0 Å². The molecule has 0 spiro atoms. The predicted molar refractivity (Wildman–Crippen MR) is 130 cm³/mol. The Morgan fingerprint density at radius 3 is 2.69 bits per heavy atom. The number of rotatable bonds is 7. The van der Waals surface area contributed by atoms with Gasteiger partial charge in [-0.25, -0.2) is 19.0 Å². The van der Waals surface area contributed by atoms with Crippen LogP contribution in [0.15, 0.2) is 53.4 Å². The van der Waals surface area contributed by atoms with E-state index < -0.39 is 29.8 Å². The Labute approximate surface area is 213 Å². The molecule has 0 radical (unpaired) electrons. The maximum atomic E-state index is 15.0. The zero-order valence-corrected chi connectivity index (χ0v) is 20.5. The summed E-state index contributed by atoms with van der Waals surface area (Å²) in [5.41, 5.74) is 0.602. The SMILES string of the molecule is CCC(=O)c1ccc(F)c([C@@H]2C[C@@H]2NC(=O)Nc2ccc(C#N)cn2)c1OC(=O)c1cncc(Br)c1. The molecule has 0 unspecified atom stereocenters. The molecule has 2 aromatic heterocycles. The minimum absolute atomic E-state index is 0.0485. The number of nitrogens with zero attached hydrogens (tertiary/aromatic N) is 3. The van der Waals surface area contributed by atoms with Gasteiger partial charge >= 0.3 is 12.0 Å². The summed E-state index contributed by atoms with van der Waals surface area (Å²) in [6, 6.07) is 7.84. The van der Waals surface area contributed by atoms with Crippen LogP contribution in [-0.4, -0.2) is 33.8 Å². The van der Waals surface area contributed by atoms with Crippen LogP contribution in [0.25, 0.3) is 0 Å². The molecule has 182 valence electrons. The molecule has 3 aromatic rings. The van der Waals surface area contributed by atoms with Crippen LogP contribution in [-0.2, 0) is 0 Å². The van der Waals surface area contributed by atoms with Crippen LogP contribution < -0.4 is 15.4 Å². The van der Waals surface area contributed by atoms with Crippen molar-refractivity contribution in [2.75, 3.05) is 5.32 Å². The summed E-state index contributed by atoms with van der Waals surface area (Å²) < 4.78 is 21.2. The molecule has 4 rings (SSSR count). The minimum atomic E-state index is -0.796. The second-order valence-electron chi connectivity index (χ2n) is 7.99. The van der Waals surface area contributed by atoms with E-state index in [0.29, 0.717) is 16.5 Å². The molecule has 1 saturated carbocycles. The van der Waals surface area contributed by atoms with Crippen molar-refractivity contribution in [2.45, 2.75) is 31.7 Å². The Kier molecular flexibility index (Phi) is 7.36.